The highest BCUT2D eigenvalue weighted by Crippen LogP contribution is 2.31. The SMILES string of the molecule is O=S(=O)(c1cccc2cccnc12)n1ccc2cnc(Nc3ccc(N4CC5CC4CN5)cc3)cc21. The summed E-state index contributed by atoms with van der Waals surface area (Å²) in [7, 11) is -3.87. The van der Waals surface area contributed by atoms with E-state index < -0.39 is 10.0 Å². The summed E-state index contributed by atoms with van der Waals surface area (Å²) in [5.74, 6) is 0.575. The third-order valence-corrected chi connectivity index (χ3v) is 8.92. The first-order chi connectivity index (χ1) is 17.6. The van der Waals surface area contributed by atoms with Gasteiger partial charge in [0, 0.05) is 72.0 Å². The molecule has 2 fully saturated rings. The van der Waals surface area contributed by atoms with Gasteiger partial charge >= 0.3 is 0 Å². The number of fused-ring (bicyclic) bond motifs is 4. The Balaban J connectivity index is 1.20. The van der Waals surface area contributed by atoms with Gasteiger partial charge in [-0.25, -0.2) is 17.4 Å². The average Bonchev–Trinajstić information content (AvgIpc) is 3.65. The lowest BCUT2D eigenvalue weighted by Gasteiger charge is -2.29. The predicted molar refractivity (Wildman–Crippen MR) is 141 cm³/mol. The Morgan fingerprint density at radius 2 is 1.83 bits per heavy atom. The summed E-state index contributed by atoms with van der Waals surface area (Å²) in [4.78, 5) is 11.5. The maximum atomic E-state index is 13.7. The topological polar surface area (TPSA) is 92.1 Å². The largest absolute Gasteiger partial charge is 0.366 e. The Hall–Kier alpha value is -3.95. The molecule has 2 saturated heterocycles. The van der Waals surface area contributed by atoms with Crippen LogP contribution in [-0.4, -0.2) is 47.5 Å². The molecule has 2 bridgehead atoms. The van der Waals surface area contributed by atoms with Crippen LogP contribution >= 0.6 is 0 Å². The molecule has 180 valence electrons. The van der Waals surface area contributed by atoms with E-state index in [1.54, 1.807) is 48.9 Å². The van der Waals surface area contributed by atoms with Crippen molar-refractivity contribution in [1.82, 2.24) is 19.3 Å². The van der Waals surface area contributed by atoms with Crippen molar-refractivity contribution in [3.63, 3.8) is 0 Å². The molecule has 2 atom stereocenters. The van der Waals surface area contributed by atoms with Crippen molar-refractivity contribution in [2.75, 3.05) is 23.3 Å². The zero-order valence-corrected chi connectivity index (χ0v) is 20.2. The van der Waals surface area contributed by atoms with Crippen LogP contribution in [0.3, 0.4) is 0 Å². The summed E-state index contributed by atoms with van der Waals surface area (Å²) in [5.41, 5.74) is 3.13. The molecule has 2 unspecified atom stereocenters. The van der Waals surface area contributed by atoms with Crippen molar-refractivity contribution in [3.8, 4) is 0 Å². The Morgan fingerprint density at radius 1 is 0.972 bits per heavy atom. The van der Waals surface area contributed by atoms with E-state index in [1.165, 1.54) is 16.1 Å². The van der Waals surface area contributed by atoms with Gasteiger partial charge in [-0.1, -0.05) is 18.2 Å². The normalized spacial score (nSPS) is 19.4. The summed E-state index contributed by atoms with van der Waals surface area (Å²) in [6.45, 7) is 2.10. The molecule has 0 radical (unpaired) electrons. The van der Waals surface area contributed by atoms with Gasteiger partial charge in [0.2, 0.25) is 0 Å². The van der Waals surface area contributed by atoms with Crippen molar-refractivity contribution < 1.29 is 8.42 Å². The molecule has 0 aliphatic carbocycles. The van der Waals surface area contributed by atoms with E-state index in [2.05, 4.69) is 37.6 Å². The lowest BCUT2D eigenvalue weighted by atomic mass is 10.2. The number of aromatic nitrogens is 3. The summed E-state index contributed by atoms with van der Waals surface area (Å²) in [5, 5.41) is 8.38. The van der Waals surface area contributed by atoms with Gasteiger partial charge in [-0.15, -0.1) is 0 Å². The fraction of sp³-hybridized carbons (Fsp3) is 0.185. The molecule has 36 heavy (non-hydrogen) atoms. The summed E-state index contributed by atoms with van der Waals surface area (Å²) in [6, 6.07) is 21.9. The van der Waals surface area contributed by atoms with Crippen molar-refractivity contribution >= 4 is 49.0 Å². The standard InChI is InChI=1S/C27H24N6O2S/c34-36(35,25-5-1-3-18-4-2-11-28-27(18)25)33-12-10-19-15-30-26(14-24(19)33)31-20-6-8-22(9-7-20)32-17-21-13-23(32)16-29-21/h1-12,14-15,21,23,29H,13,16-17H2,(H,30,31). The smallest absolute Gasteiger partial charge is 0.270 e. The van der Waals surface area contributed by atoms with Gasteiger partial charge in [-0.3, -0.25) is 4.98 Å². The second kappa shape index (κ2) is 8.04. The van der Waals surface area contributed by atoms with Gasteiger partial charge in [-0.2, -0.15) is 0 Å². The van der Waals surface area contributed by atoms with Gasteiger partial charge in [0.15, 0.2) is 0 Å². The van der Waals surface area contributed by atoms with Crippen LogP contribution < -0.4 is 15.5 Å². The zero-order chi connectivity index (χ0) is 24.3. The Labute approximate surface area is 208 Å². The Kier molecular flexibility index (Phi) is 4.77. The van der Waals surface area contributed by atoms with Crippen LogP contribution in [0.2, 0.25) is 0 Å². The van der Waals surface area contributed by atoms with Crippen molar-refractivity contribution in [2.45, 2.75) is 23.4 Å². The number of benzene rings is 2. The van der Waals surface area contributed by atoms with E-state index in [4.69, 9.17) is 0 Å². The highest BCUT2D eigenvalue weighted by Gasteiger charge is 2.37. The molecule has 2 aromatic carbocycles. The second-order valence-corrected chi connectivity index (χ2v) is 11.2. The average molecular weight is 497 g/mol. The van der Waals surface area contributed by atoms with Crippen LogP contribution in [0.1, 0.15) is 6.42 Å². The first-order valence-electron chi connectivity index (χ1n) is 12.0. The highest BCUT2D eigenvalue weighted by atomic mass is 32.2. The maximum absolute atomic E-state index is 13.7. The number of nitrogens with one attached hydrogen (secondary N) is 2. The van der Waals surface area contributed by atoms with Gasteiger partial charge in [0.25, 0.3) is 10.0 Å². The predicted octanol–water partition coefficient (Wildman–Crippen LogP) is 4.12. The van der Waals surface area contributed by atoms with Crippen molar-refractivity contribution in [3.05, 3.63) is 85.3 Å². The lowest BCUT2D eigenvalue weighted by molar-refractivity contribution is 0.580. The van der Waals surface area contributed by atoms with Gasteiger partial charge < -0.3 is 15.5 Å². The third kappa shape index (κ3) is 3.42. The van der Waals surface area contributed by atoms with E-state index >= 15 is 0 Å². The molecular weight excluding hydrogens is 472 g/mol. The van der Waals surface area contributed by atoms with Crippen LogP contribution in [0.15, 0.2) is 90.2 Å². The molecule has 2 aliphatic rings. The minimum atomic E-state index is -3.87. The molecule has 2 aliphatic heterocycles. The summed E-state index contributed by atoms with van der Waals surface area (Å²) < 4.78 is 28.7. The molecule has 9 heteroatoms. The van der Waals surface area contributed by atoms with E-state index in [0.29, 0.717) is 28.9 Å². The molecule has 3 aromatic heterocycles. The minimum absolute atomic E-state index is 0.172. The number of piperazine rings is 1. The minimum Gasteiger partial charge on any atom is -0.366 e. The van der Waals surface area contributed by atoms with Crippen LogP contribution in [0, 0.1) is 0 Å². The molecule has 5 aromatic rings. The number of nitrogens with zero attached hydrogens (tertiary/aromatic N) is 4. The first-order valence-corrected chi connectivity index (χ1v) is 13.4. The van der Waals surface area contributed by atoms with Crippen LogP contribution in [0.5, 0.6) is 0 Å². The quantitative estimate of drug-likeness (QED) is 0.378. The molecular formula is C27H24N6O2S. The summed E-state index contributed by atoms with van der Waals surface area (Å²) >= 11 is 0. The summed E-state index contributed by atoms with van der Waals surface area (Å²) in [6.07, 6.45) is 6.08. The zero-order valence-electron chi connectivity index (χ0n) is 19.4. The Bertz CT molecular complexity index is 1710. The fourth-order valence-electron chi connectivity index (χ4n) is 5.43. The lowest BCUT2D eigenvalue weighted by Crippen LogP contribution is -2.43. The fourth-order valence-corrected chi connectivity index (χ4v) is 6.95. The molecule has 0 amide bonds. The number of rotatable bonds is 5. The number of hydrogen-bond donors (Lipinski definition) is 2. The number of hydrogen-bond acceptors (Lipinski definition) is 7. The molecule has 2 N–H and O–H groups in total. The molecule has 0 spiro atoms. The number of para-hydroxylation sites is 1. The second-order valence-electron chi connectivity index (χ2n) is 9.40. The Morgan fingerprint density at radius 3 is 2.64 bits per heavy atom. The highest BCUT2D eigenvalue weighted by molar-refractivity contribution is 7.90. The van der Waals surface area contributed by atoms with Crippen molar-refractivity contribution in [1.29, 1.82) is 0 Å². The monoisotopic (exact) mass is 496 g/mol. The van der Waals surface area contributed by atoms with E-state index in [1.807, 2.05) is 24.3 Å². The molecule has 0 saturated carbocycles. The third-order valence-electron chi connectivity index (χ3n) is 7.20. The molecule has 5 heterocycles. The van der Waals surface area contributed by atoms with Gasteiger partial charge in [-0.05, 0) is 48.9 Å². The van der Waals surface area contributed by atoms with Gasteiger partial charge in [0.1, 0.15) is 10.7 Å². The first kappa shape index (κ1) is 21.3. The van der Waals surface area contributed by atoms with Gasteiger partial charge in [0.05, 0.1) is 11.0 Å². The van der Waals surface area contributed by atoms with Crippen molar-refractivity contribution in [2.24, 2.45) is 0 Å². The number of anilines is 3. The van der Waals surface area contributed by atoms with E-state index in [0.717, 1.165) is 29.5 Å². The molecule has 7 rings (SSSR count). The van der Waals surface area contributed by atoms with Crippen LogP contribution in [0.25, 0.3) is 21.8 Å². The number of pyridine rings is 2. The van der Waals surface area contributed by atoms with E-state index in [9.17, 15) is 8.42 Å². The van der Waals surface area contributed by atoms with Crippen LogP contribution in [-0.2, 0) is 10.0 Å². The maximum Gasteiger partial charge on any atom is 0.270 e. The van der Waals surface area contributed by atoms with E-state index in [-0.39, 0.29) is 4.90 Å². The van der Waals surface area contributed by atoms with Crippen LogP contribution in [0.4, 0.5) is 17.2 Å². The molecule has 8 nitrogen and oxygen atoms in total.